The molecule has 1 aromatic heterocycles. The van der Waals surface area contributed by atoms with E-state index in [-0.39, 0.29) is 11.5 Å². The lowest BCUT2D eigenvalue weighted by Crippen LogP contribution is -2.24. The molecule has 0 aliphatic heterocycles. The fourth-order valence-electron chi connectivity index (χ4n) is 3.78. The number of benzene rings is 1. The Labute approximate surface area is 123 Å². The van der Waals surface area contributed by atoms with E-state index in [1.165, 1.54) is 12.0 Å². The van der Waals surface area contributed by atoms with Gasteiger partial charge in [0.2, 0.25) is 5.78 Å². The lowest BCUT2D eigenvalue weighted by molar-refractivity contribution is 0.106. The summed E-state index contributed by atoms with van der Waals surface area (Å²) in [6.07, 6.45) is 4.85. The van der Waals surface area contributed by atoms with Gasteiger partial charge in [-0.25, -0.2) is 0 Å². The molecule has 0 fully saturated rings. The van der Waals surface area contributed by atoms with Crippen LogP contribution in [-0.2, 0) is 6.42 Å². The Morgan fingerprint density at radius 2 is 2.10 bits per heavy atom. The first-order chi connectivity index (χ1) is 10.1. The molecule has 0 spiro atoms. The zero-order valence-electron chi connectivity index (χ0n) is 12.2. The summed E-state index contributed by atoms with van der Waals surface area (Å²) in [5.74, 6) is 1.03. The highest BCUT2D eigenvalue weighted by molar-refractivity contribution is 6.54. The quantitative estimate of drug-likeness (QED) is 0.783. The van der Waals surface area contributed by atoms with Crippen molar-refractivity contribution in [1.82, 2.24) is 0 Å². The van der Waals surface area contributed by atoms with Gasteiger partial charge in [0.25, 0.3) is 0 Å². The second-order valence-corrected chi connectivity index (χ2v) is 6.18. The fraction of sp³-hybridized carbons (Fsp3) is 0.333. The van der Waals surface area contributed by atoms with Crippen LogP contribution in [0.2, 0.25) is 0 Å². The summed E-state index contributed by atoms with van der Waals surface area (Å²) in [5.41, 5.74) is 5.60. The van der Waals surface area contributed by atoms with Gasteiger partial charge in [-0.2, -0.15) is 0 Å². The van der Waals surface area contributed by atoms with Crippen LogP contribution in [0.25, 0.3) is 11.3 Å². The molecule has 0 bridgehead atoms. The summed E-state index contributed by atoms with van der Waals surface area (Å²) < 4.78 is 5.66. The summed E-state index contributed by atoms with van der Waals surface area (Å²) in [6, 6.07) is 4.14. The molecule has 1 N–H and O–H groups in total. The van der Waals surface area contributed by atoms with Gasteiger partial charge in [0.15, 0.2) is 0 Å². The van der Waals surface area contributed by atoms with Crippen molar-refractivity contribution < 1.29 is 9.21 Å². The third-order valence-electron chi connectivity index (χ3n) is 4.87. The molecule has 3 heteroatoms. The van der Waals surface area contributed by atoms with Crippen molar-refractivity contribution >= 4 is 11.5 Å². The molecule has 0 unspecified atom stereocenters. The summed E-state index contributed by atoms with van der Waals surface area (Å²) in [7, 11) is 0. The minimum Gasteiger partial charge on any atom is -0.463 e. The zero-order valence-corrected chi connectivity index (χ0v) is 12.2. The van der Waals surface area contributed by atoms with E-state index in [1.807, 2.05) is 13.0 Å². The molecular formula is C18H17NO2. The van der Waals surface area contributed by atoms with E-state index < -0.39 is 0 Å². The van der Waals surface area contributed by atoms with Gasteiger partial charge in [-0.3, -0.25) is 10.2 Å². The number of furan rings is 1. The van der Waals surface area contributed by atoms with Gasteiger partial charge < -0.3 is 4.42 Å². The van der Waals surface area contributed by atoms with E-state index in [2.05, 4.69) is 13.0 Å². The lowest BCUT2D eigenvalue weighted by atomic mass is 9.76. The molecule has 0 saturated carbocycles. The fourth-order valence-corrected chi connectivity index (χ4v) is 3.78. The first-order valence-electron chi connectivity index (χ1n) is 7.47. The first-order valence-corrected chi connectivity index (χ1v) is 7.47. The van der Waals surface area contributed by atoms with Crippen molar-refractivity contribution in [2.75, 3.05) is 0 Å². The van der Waals surface area contributed by atoms with Gasteiger partial charge >= 0.3 is 0 Å². The van der Waals surface area contributed by atoms with Gasteiger partial charge in [-0.05, 0) is 48.8 Å². The van der Waals surface area contributed by atoms with Crippen LogP contribution in [-0.4, -0.2) is 11.5 Å². The van der Waals surface area contributed by atoms with Crippen LogP contribution in [0, 0.1) is 12.3 Å². The number of ketones is 1. The van der Waals surface area contributed by atoms with Crippen LogP contribution < -0.4 is 0 Å². The minimum absolute atomic E-state index is 0.0791. The van der Waals surface area contributed by atoms with E-state index >= 15 is 0 Å². The van der Waals surface area contributed by atoms with E-state index in [0.717, 1.165) is 29.5 Å². The second-order valence-electron chi connectivity index (χ2n) is 6.18. The predicted octanol–water partition coefficient (Wildman–Crippen LogP) is 4.26. The molecular weight excluding hydrogens is 262 g/mol. The maximum Gasteiger partial charge on any atom is 0.212 e. The number of rotatable bonds is 0. The van der Waals surface area contributed by atoms with Crippen LogP contribution in [0.5, 0.6) is 0 Å². The van der Waals surface area contributed by atoms with Gasteiger partial charge in [-0.15, -0.1) is 0 Å². The summed E-state index contributed by atoms with van der Waals surface area (Å²) in [6.45, 7) is 4.10. The number of aryl methyl sites for hydroxylation is 1. The molecule has 0 amide bonds. The van der Waals surface area contributed by atoms with Crippen molar-refractivity contribution in [2.24, 2.45) is 0 Å². The number of carbonyl (C=O) groups excluding carboxylic acids is 1. The van der Waals surface area contributed by atoms with Gasteiger partial charge in [0.1, 0.15) is 11.5 Å². The SMILES string of the molecule is Cc1coc2c1C(=N)C(=O)c1c-2ccc2c1CCC[C@@H]2C. The normalized spacial score (nSPS) is 20.0. The largest absolute Gasteiger partial charge is 0.463 e. The number of carbonyl (C=O) groups is 1. The third kappa shape index (κ3) is 1.54. The predicted molar refractivity (Wildman–Crippen MR) is 81.4 cm³/mol. The highest BCUT2D eigenvalue weighted by Crippen LogP contribution is 2.42. The van der Waals surface area contributed by atoms with Crippen molar-refractivity contribution in [3.63, 3.8) is 0 Å². The van der Waals surface area contributed by atoms with Crippen molar-refractivity contribution in [1.29, 1.82) is 5.41 Å². The number of nitrogens with one attached hydrogen (secondary N) is 1. The molecule has 1 aromatic carbocycles. The molecule has 3 nitrogen and oxygen atoms in total. The Balaban J connectivity index is 2.06. The second kappa shape index (κ2) is 4.17. The van der Waals surface area contributed by atoms with Crippen LogP contribution in [0.4, 0.5) is 0 Å². The minimum atomic E-state index is -0.145. The Bertz CT molecular complexity index is 798. The Kier molecular flexibility index (Phi) is 2.49. The number of Topliss-reactive ketones (excluding diaryl/α,β-unsaturated/α-hetero) is 1. The number of hydrogen-bond donors (Lipinski definition) is 1. The molecule has 4 rings (SSSR count). The maximum absolute atomic E-state index is 12.7. The summed E-state index contributed by atoms with van der Waals surface area (Å²) in [4.78, 5) is 12.7. The van der Waals surface area contributed by atoms with Gasteiger partial charge in [-0.1, -0.05) is 19.1 Å². The molecule has 21 heavy (non-hydrogen) atoms. The van der Waals surface area contributed by atoms with E-state index in [1.54, 1.807) is 6.26 Å². The van der Waals surface area contributed by atoms with Crippen molar-refractivity contribution in [2.45, 2.75) is 39.0 Å². The van der Waals surface area contributed by atoms with Crippen LogP contribution in [0.3, 0.4) is 0 Å². The van der Waals surface area contributed by atoms with Crippen molar-refractivity contribution in [3.8, 4) is 11.3 Å². The topological polar surface area (TPSA) is 54.1 Å². The molecule has 2 aliphatic rings. The van der Waals surface area contributed by atoms with Gasteiger partial charge in [0.05, 0.1) is 11.8 Å². The standard InChI is InChI=1S/C18H17NO2/c1-9-4-3-5-12-11(9)6-7-13-15(12)17(20)16(19)14-10(2)8-21-18(13)14/h6-9,19H,3-5H2,1-2H3/t9-/m0/s1. The number of fused-ring (bicyclic) bond motifs is 5. The average molecular weight is 279 g/mol. The average Bonchev–Trinajstić information content (AvgIpc) is 2.86. The molecule has 2 aromatic rings. The van der Waals surface area contributed by atoms with E-state index in [9.17, 15) is 4.79 Å². The molecule has 2 aliphatic carbocycles. The van der Waals surface area contributed by atoms with Gasteiger partial charge in [0, 0.05) is 11.1 Å². The van der Waals surface area contributed by atoms with Crippen LogP contribution >= 0.6 is 0 Å². The Morgan fingerprint density at radius 1 is 1.29 bits per heavy atom. The molecule has 1 atom stereocenters. The van der Waals surface area contributed by atoms with Crippen LogP contribution in [0.15, 0.2) is 22.8 Å². The monoisotopic (exact) mass is 279 g/mol. The molecule has 0 saturated heterocycles. The molecule has 106 valence electrons. The Morgan fingerprint density at radius 3 is 2.90 bits per heavy atom. The first kappa shape index (κ1) is 12.6. The smallest absolute Gasteiger partial charge is 0.212 e. The van der Waals surface area contributed by atoms with E-state index in [4.69, 9.17) is 9.83 Å². The molecule has 1 heterocycles. The highest BCUT2D eigenvalue weighted by atomic mass is 16.3. The third-order valence-corrected chi connectivity index (χ3v) is 4.87. The van der Waals surface area contributed by atoms with Crippen LogP contribution in [0.1, 0.15) is 58.3 Å². The summed E-state index contributed by atoms with van der Waals surface area (Å²) >= 11 is 0. The number of hydrogen-bond acceptors (Lipinski definition) is 3. The van der Waals surface area contributed by atoms with Crippen molar-refractivity contribution in [3.05, 3.63) is 46.2 Å². The Hall–Kier alpha value is -2.16. The maximum atomic E-state index is 12.7. The highest BCUT2D eigenvalue weighted by Gasteiger charge is 2.35. The zero-order chi connectivity index (χ0) is 14.7. The molecule has 0 radical (unpaired) electrons. The van der Waals surface area contributed by atoms with E-state index in [0.29, 0.717) is 22.8 Å². The lowest BCUT2D eigenvalue weighted by Gasteiger charge is -2.27. The summed E-state index contributed by atoms with van der Waals surface area (Å²) in [5, 5.41) is 8.22.